The van der Waals surface area contributed by atoms with Crippen LogP contribution in [0.2, 0.25) is 0 Å². The van der Waals surface area contributed by atoms with Crippen molar-refractivity contribution in [3.8, 4) is 11.3 Å². The summed E-state index contributed by atoms with van der Waals surface area (Å²) in [7, 11) is -6.04. The van der Waals surface area contributed by atoms with Gasteiger partial charge in [0.05, 0.1) is 27.6 Å². The molecule has 0 aliphatic heterocycles. The molecule has 4 N–H and O–H groups in total. The fraction of sp³-hybridized carbons (Fsp3) is 0.240. The van der Waals surface area contributed by atoms with Crippen molar-refractivity contribution in [2.75, 3.05) is 30.5 Å². The van der Waals surface area contributed by atoms with E-state index in [1.165, 1.54) is 43.5 Å². The predicted molar refractivity (Wildman–Crippen MR) is 146 cm³/mol. The maximum Gasteiger partial charge on any atom is 0.405 e. The molecular formula is C25H25F3N6O5S2. The van der Waals surface area contributed by atoms with Crippen molar-refractivity contribution < 1.29 is 34.7 Å². The normalized spacial score (nSPS) is 12.4. The number of sulfone groups is 1. The third-order valence-corrected chi connectivity index (χ3v) is 7.87. The van der Waals surface area contributed by atoms with Crippen LogP contribution < -0.4 is 15.8 Å². The number of anilines is 2. The van der Waals surface area contributed by atoms with Crippen molar-refractivity contribution in [3.63, 3.8) is 0 Å². The smallest absolute Gasteiger partial charge is 0.380 e. The zero-order chi connectivity index (χ0) is 30.0. The highest BCUT2D eigenvalue weighted by Crippen LogP contribution is 2.29. The summed E-state index contributed by atoms with van der Waals surface area (Å²) >= 11 is 0. The lowest BCUT2D eigenvalue weighted by molar-refractivity contribution is -0.115. The minimum Gasteiger partial charge on any atom is -0.380 e. The number of nitrogens with two attached hydrogens (primary N) is 1. The van der Waals surface area contributed by atoms with Crippen molar-refractivity contribution in [2.45, 2.75) is 29.1 Å². The summed E-state index contributed by atoms with van der Waals surface area (Å²) in [5, 5.41) is 10.3. The van der Waals surface area contributed by atoms with Crippen LogP contribution in [0.25, 0.3) is 22.3 Å². The van der Waals surface area contributed by atoms with Crippen molar-refractivity contribution in [2.24, 2.45) is 5.14 Å². The van der Waals surface area contributed by atoms with Gasteiger partial charge in [-0.25, -0.2) is 31.9 Å². The van der Waals surface area contributed by atoms with E-state index in [1.807, 2.05) is 0 Å². The first kappa shape index (κ1) is 30.1. The highest BCUT2D eigenvalue weighted by Gasteiger charge is 2.27. The zero-order valence-corrected chi connectivity index (χ0v) is 23.4. The molecule has 2 aromatic carbocycles. The molecule has 0 spiro atoms. The Morgan fingerprint density at radius 3 is 2.24 bits per heavy atom. The molecule has 0 bridgehead atoms. The van der Waals surface area contributed by atoms with Gasteiger partial charge >= 0.3 is 6.18 Å². The summed E-state index contributed by atoms with van der Waals surface area (Å²) in [6.45, 7) is -1.19. The Balaban J connectivity index is 1.71. The molecule has 41 heavy (non-hydrogen) atoms. The van der Waals surface area contributed by atoms with Crippen molar-refractivity contribution >= 4 is 42.7 Å². The van der Waals surface area contributed by atoms with Gasteiger partial charge in [-0.3, -0.25) is 0 Å². The van der Waals surface area contributed by atoms with Crippen LogP contribution in [0.4, 0.5) is 24.9 Å². The van der Waals surface area contributed by atoms with Crippen molar-refractivity contribution in [3.05, 3.63) is 65.7 Å². The van der Waals surface area contributed by atoms with E-state index >= 15 is 0 Å². The maximum absolute atomic E-state index is 13.1. The molecule has 0 amide bonds. The van der Waals surface area contributed by atoms with Gasteiger partial charge in [0.1, 0.15) is 12.1 Å². The topological polar surface area (TPSA) is 166 Å². The highest BCUT2D eigenvalue weighted by atomic mass is 32.2. The van der Waals surface area contributed by atoms with E-state index in [0.717, 1.165) is 6.26 Å². The molecule has 2 heterocycles. The number of nitrogens with one attached hydrogen (secondary N) is 2. The number of hydrogen-bond acceptors (Lipinski definition) is 10. The first-order valence-corrected chi connectivity index (χ1v) is 15.2. The fourth-order valence-electron chi connectivity index (χ4n) is 3.87. The summed E-state index contributed by atoms with van der Waals surface area (Å²) in [6, 6.07) is 13.4. The Hall–Kier alpha value is -3.86. The number of aromatic nitrogens is 3. The molecule has 0 saturated heterocycles. The number of fused-ring (bicyclic) bond motifs is 1. The molecule has 218 valence electrons. The zero-order valence-electron chi connectivity index (χ0n) is 21.7. The Morgan fingerprint density at radius 1 is 0.927 bits per heavy atom. The molecule has 0 fully saturated rings. The minimum absolute atomic E-state index is 0.00414. The molecule has 16 heteroatoms. The van der Waals surface area contributed by atoms with E-state index in [2.05, 4.69) is 25.6 Å². The Kier molecular flexibility index (Phi) is 8.49. The second-order valence-corrected chi connectivity index (χ2v) is 12.5. The van der Waals surface area contributed by atoms with Gasteiger partial charge in [-0.1, -0.05) is 24.3 Å². The summed E-state index contributed by atoms with van der Waals surface area (Å²) in [4.78, 5) is 13.0. The van der Waals surface area contributed by atoms with Crippen LogP contribution in [0.5, 0.6) is 0 Å². The SMILES string of the molecule is COCc1ccc(-c2ccc3nc(NCc4ccc(S(N)(=O)=O)cc4)nc(NCC(F)(F)F)c3n2)cc1S(C)(=O)=O. The van der Waals surface area contributed by atoms with Crippen LogP contribution in [-0.4, -0.2) is 57.9 Å². The van der Waals surface area contributed by atoms with E-state index in [-0.39, 0.29) is 45.7 Å². The third kappa shape index (κ3) is 7.66. The van der Waals surface area contributed by atoms with Gasteiger partial charge in [-0.05, 0) is 41.5 Å². The second-order valence-electron chi connectivity index (χ2n) is 9.00. The van der Waals surface area contributed by atoms with E-state index in [1.54, 1.807) is 18.2 Å². The lowest BCUT2D eigenvalue weighted by Gasteiger charge is -2.14. The van der Waals surface area contributed by atoms with Crippen LogP contribution in [0.1, 0.15) is 11.1 Å². The minimum atomic E-state index is -4.55. The first-order valence-electron chi connectivity index (χ1n) is 11.8. The molecule has 0 radical (unpaired) electrons. The molecule has 0 aliphatic carbocycles. The molecule has 4 aromatic rings. The number of sulfonamides is 1. The second kappa shape index (κ2) is 11.6. The van der Waals surface area contributed by atoms with Crippen LogP contribution >= 0.6 is 0 Å². The van der Waals surface area contributed by atoms with Crippen LogP contribution in [0.3, 0.4) is 0 Å². The quantitative estimate of drug-likeness (QED) is 0.242. The van der Waals surface area contributed by atoms with Crippen LogP contribution in [0, 0.1) is 0 Å². The standard InChI is InChI=1S/C25H25F3N6O5S2/c1-39-13-17-6-5-16(11-21(17)40(2,35)36)19-9-10-20-22(32-19)23(31-14-25(26,27)28)34-24(33-20)30-12-15-3-7-18(8-4-15)41(29,37)38/h3-11H,12-14H2,1-2H3,(H2,29,37,38)(H2,30,31,33,34). The average molecular weight is 611 g/mol. The molecule has 0 atom stereocenters. The van der Waals surface area contributed by atoms with Gasteiger partial charge in [0, 0.05) is 25.5 Å². The average Bonchev–Trinajstić information content (AvgIpc) is 2.89. The van der Waals surface area contributed by atoms with Gasteiger partial charge in [0.2, 0.25) is 16.0 Å². The monoisotopic (exact) mass is 610 g/mol. The largest absolute Gasteiger partial charge is 0.405 e. The van der Waals surface area contributed by atoms with Crippen molar-refractivity contribution in [1.82, 2.24) is 15.0 Å². The molecule has 4 rings (SSSR count). The number of hydrogen-bond donors (Lipinski definition) is 3. The Labute approximate surface area is 234 Å². The van der Waals surface area contributed by atoms with Gasteiger partial charge in [-0.2, -0.15) is 18.2 Å². The molecular weight excluding hydrogens is 585 g/mol. The molecule has 11 nitrogen and oxygen atoms in total. The maximum atomic E-state index is 13.1. The number of halogens is 3. The Morgan fingerprint density at radius 2 is 1.63 bits per heavy atom. The lowest BCUT2D eigenvalue weighted by Crippen LogP contribution is -2.22. The van der Waals surface area contributed by atoms with E-state index in [0.29, 0.717) is 22.4 Å². The predicted octanol–water partition coefficient (Wildman–Crippen LogP) is 3.48. The lowest BCUT2D eigenvalue weighted by atomic mass is 10.1. The summed E-state index contributed by atoms with van der Waals surface area (Å²) in [5.41, 5.74) is 2.06. The van der Waals surface area contributed by atoms with Gasteiger partial charge < -0.3 is 15.4 Å². The molecule has 0 saturated carbocycles. The highest BCUT2D eigenvalue weighted by molar-refractivity contribution is 7.90. The van der Waals surface area contributed by atoms with Crippen LogP contribution in [0.15, 0.2) is 64.4 Å². The number of alkyl halides is 3. The number of nitrogens with zero attached hydrogens (tertiary/aromatic N) is 3. The van der Waals surface area contributed by atoms with Gasteiger partial charge in [0.25, 0.3) is 0 Å². The fourth-order valence-corrected chi connectivity index (χ4v) is 5.33. The number of primary sulfonamides is 1. The molecule has 2 aromatic heterocycles. The van der Waals surface area contributed by atoms with Gasteiger partial charge in [0.15, 0.2) is 15.7 Å². The molecule has 0 unspecified atom stereocenters. The van der Waals surface area contributed by atoms with Crippen LogP contribution in [-0.2, 0) is 37.7 Å². The summed E-state index contributed by atoms with van der Waals surface area (Å²) in [5.74, 6) is -0.198. The number of benzene rings is 2. The number of ether oxygens (including phenoxy) is 1. The first-order chi connectivity index (χ1) is 19.1. The van der Waals surface area contributed by atoms with Crippen molar-refractivity contribution in [1.29, 1.82) is 0 Å². The van der Waals surface area contributed by atoms with E-state index in [4.69, 9.17) is 9.88 Å². The number of methoxy groups -OCH3 is 1. The number of pyridine rings is 1. The molecule has 0 aliphatic rings. The third-order valence-electron chi connectivity index (χ3n) is 5.76. The van der Waals surface area contributed by atoms with E-state index in [9.17, 15) is 30.0 Å². The van der Waals surface area contributed by atoms with E-state index < -0.39 is 32.6 Å². The summed E-state index contributed by atoms with van der Waals surface area (Å²) < 4.78 is 91.9. The number of rotatable bonds is 10. The summed E-state index contributed by atoms with van der Waals surface area (Å²) in [6.07, 6.45) is -3.48. The van der Waals surface area contributed by atoms with Gasteiger partial charge in [-0.15, -0.1) is 0 Å². The Bertz CT molecular complexity index is 1800.